The number of rotatable bonds is 5. The van der Waals surface area contributed by atoms with Crippen molar-refractivity contribution in [3.8, 4) is 0 Å². The summed E-state index contributed by atoms with van der Waals surface area (Å²) in [6, 6.07) is 5.99. The number of carbonyl (C=O) groups is 3. The Labute approximate surface area is 164 Å². The van der Waals surface area contributed by atoms with Gasteiger partial charge in [-0.25, -0.2) is 4.39 Å². The zero-order valence-corrected chi connectivity index (χ0v) is 16.1. The fraction of sp³-hybridized carbons (Fsp3) is 0.524. The van der Waals surface area contributed by atoms with Gasteiger partial charge >= 0.3 is 0 Å². The van der Waals surface area contributed by atoms with Gasteiger partial charge in [0, 0.05) is 58.7 Å². The smallest absolute Gasteiger partial charge is 0.219 e. The maximum atomic E-state index is 13.1. The molecule has 1 saturated carbocycles. The molecule has 150 valence electrons. The zero-order valence-electron chi connectivity index (χ0n) is 16.1. The van der Waals surface area contributed by atoms with E-state index >= 15 is 0 Å². The molecule has 1 aliphatic heterocycles. The van der Waals surface area contributed by atoms with Crippen LogP contribution in [0.15, 0.2) is 29.3 Å². The van der Waals surface area contributed by atoms with Crippen molar-refractivity contribution in [2.45, 2.75) is 25.7 Å². The summed E-state index contributed by atoms with van der Waals surface area (Å²) in [5.74, 6) is -1.40. The molecule has 3 rings (SSSR count). The number of nitrogens with zero attached hydrogens (tertiary/aromatic N) is 3. The predicted molar refractivity (Wildman–Crippen MR) is 104 cm³/mol. The van der Waals surface area contributed by atoms with E-state index in [1.807, 2.05) is 4.90 Å². The van der Waals surface area contributed by atoms with E-state index in [0.29, 0.717) is 6.54 Å². The van der Waals surface area contributed by atoms with Crippen molar-refractivity contribution in [2.75, 3.05) is 39.3 Å². The summed E-state index contributed by atoms with van der Waals surface area (Å²) in [5, 5.41) is 0. The van der Waals surface area contributed by atoms with E-state index in [1.165, 1.54) is 18.3 Å². The second-order valence-corrected chi connectivity index (χ2v) is 7.47. The number of carbonyl (C=O) groups excluding carboxylic acids is 3. The van der Waals surface area contributed by atoms with Crippen LogP contribution in [0.25, 0.3) is 0 Å². The van der Waals surface area contributed by atoms with Gasteiger partial charge in [0.1, 0.15) is 23.3 Å². The zero-order chi connectivity index (χ0) is 20.1. The van der Waals surface area contributed by atoms with E-state index in [1.54, 1.807) is 19.1 Å². The van der Waals surface area contributed by atoms with Crippen LogP contribution in [0.3, 0.4) is 0 Å². The molecule has 28 heavy (non-hydrogen) atoms. The summed E-state index contributed by atoms with van der Waals surface area (Å²) in [6.07, 6.45) is 2.06. The molecule has 1 saturated heterocycles. The third-order valence-electron chi connectivity index (χ3n) is 5.55. The van der Waals surface area contributed by atoms with Crippen molar-refractivity contribution in [3.63, 3.8) is 0 Å². The molecule has 0 aromatic heterocycles. The third-order valence-corrected chi connectivity index (χ3v) is 5.55. The first-order valence-electron chi connectivity index (χ1n) is 9.72. The molecule has 0 N–H and O–H groups in total. The first-order valence-corrected chi connectivity index (χ1v) is 9.72. The molecule has 0 atom stereocenters. The Morgan fingerprint density at radius 3 is 2.29 bits per heavy atom. The molecular weight excluding hydrogens is 361 g/mol. The number of Topliss-reactive ketones (excluding diaryl/α,β-unsaturated/α-hetero) is 2. The third kappa shape index (κ3) is 5.10. The van der Waals surface area contributed by atoms with Crippen LogP contribution in [0.1, 0.15) is 31.2 Å². The maximum absolute atomic E-state index is 13.1. The van der Waals surface area contributed by atoms with Gasteiger partial charge in [-0.1, -0.05) is 12.1 Å². The van der Waals surface area contributed by atoms with Crippen LogP contribution in [0.2, 0.25) is 0 Å². The minimum Gasteiger partial charge on any atom is -0.340 e. The van der Waals surface area contributed by atoms with Crippen molar-refractivity contribution in [3.05, 3.63) is 35.6 Å². The molecule has 0 bridgehead atoms. The lowest BCUT2D eigenvalue weighted by Crippen LogP contribution is -2.48. The highest BCUT2D eigenvalue weighted by atomic mass is 19.1. The summed E-state index contributed by atoms with van der Waals surface area (Å²) < 4.78 is 13.1. The summed E-state index contributed by atoms with van der Waals surface area (Å²) in [4.78, 5) is 44.5. The van der Waals surface area contributed by atoms with Crippen LogP contribution < -0.4 is 0 Å². The van der Waals surface area contributed by atoms with Crippen molar-refractivity contribution < 1.29 is 18.8 Å². The van der Waals surface area contributed by atoms with Gasteiger partial charge in [-0.15, -0.1) is 0 Å². The number of halogens is 1. The largest absolute Gasteiger partial charge is 0.340 e. The fourth-order valence-electron chi connectivity index (χ4n) is 3.79. The molecule has 6 nitrogen and oxygen atoms in total. The monoisotopic (exact) mass is 387 g/mol. The van der Waals surface area contributed by atoms with E-state index in [-0.39, 0.29) is 42.1 Å². The molecule has 1 heterocycles. The highest BCUT2D eigenvalue weighted by Crippen LogP contribution is 2.31. The molecule has 1 aromatic carbocycles. The molecule has 1 aliphatic carbocycles. The Kier molecular flexibility index (Phi) is 6.67. The second-order valence-electron chi connectivity index (χ2n) is 7.47. The van der Waals surface area contributed by atoms with Crippen LogP contribution in [0.4, 0.5) is 4.39 Å². The molecular formula is C21H26FN3O3. The maximum Gasteiger partial charge on any atom is 0.219 e. The molecule has 0 unspecified atom stereocenters. The molecule has 0 radical (unpaired) electrons. The van der Waals surface area contributed by atoms with Crippen molar-refractivity contribution >= 4 is 23.7 Å². The Balaban J connectivity index is 1.46. The molecule has 2 aliphatic rings. The Morgan fingerprint density at radius 2 is 1.71 bits per heavy atom. The highest BCUT2D eigenvalue weighted by Gasteiger charge is 2.34. The van der Waals surface area contributed by atoms with Crippen LogP contribution in [0, 0.1) is 11.7 Å². The van der Waals surface area contributed by atoms with E-state index in [4.69, 9.17) is 0 Å². The van der Waals surface area contributed by atoms with Gasteiger partial charge in [-0.2, -0.15) is 0 Å². The minimum absolute atomic E-state index is 0.103. The van der Waals surface area contributed by atoms with E-state index in [0.717, 1.165) is 38.3 Å². The molecule has 1 amide bonds. The van der Waals surface area contributed by atoms with E-state index in [2.05, 4.69) is 9.89 Å². The molecule has 7 heteroatoms. The Morgan fingerprint density at radius 1 is 1.11 bits per heavy atom. The Hall–Kier alpha value is -2.41. The van der Waals surface area contributed by atoms with Gasteiger partial charge in [0.15, 0.2) is 0 Å². The van der Waals surface area contributed by atoms with Crippen molar-refractivity contribution in [1.82, 2.24) is 9.80 Å². The topological polar surface area (TPSA) is 70.1 Å². The first-order chi connectivity index (χ1) is 13.4. The summed E-state index contributed by atoms with van der Waals surface area (Å²) >= 11 is 0. The van der Waals surface area contributed by atoms with Crippen molar-refractivity contribution in [1.29, 1.82) is 0 Å². The standard InChI is InChI=1S/C21H26FN3O3/c1-15(26)25-10-8-24(9-11-25)7-6-23-14-19-20(27)12-17(13-21(19)28)16-2-4-18(22)5-3-16/h2-5,14,17,19H,6-13H2,1H3. The van der Waals surface area contributed by atoms with Gasteiger partial charge in [0.05, 0.1) is 6.54 Å². The summed E-state index contributed by atoms with van der Waals surface area (Å²) in [5.41, 5.74) is 0.822. The lowest BCUT2D eigenvalue weighted by atomic mass is 9.77. The van der Waals surface area contributed by atoms with E-state index < -0.39 is 5.92 Å². The summed E-state index contributed by atoms with van der Waals surface area (Å²) in [7, 11) is 0. The number of benzene rings is 1. The molecule has 0 spiro atoms. The average molecular weight is 387 g/mol. The number of piperazine rings is 1. The number of amides is 1. The van der Waals surface area contributed by atoms with Gasteiger partial charge in [0.2, 0.25) is 5.91 Å². The lowest BCUT2D eigenvalue weighted by Gasteiger charge is -2.33. The average Bonchev–Trinajstić information content (AvgIpc) is 2.67. The second kappa shape index (κ2) is 9.19. The van der Waals surface area contributed by atoms with Crippen LogP contribution in [-0.2, 0) is 14.4 Å². The van der Waals surface area contributed by atoms with Crippen LogP contribution in [0.5, 0.6) is 0 Å². The molecule has 2 fully saturated rings. The minimum atomic E-state index is -0.758. The highest BCUT2D eigenvalue weighted by molar-refractivity contribution is 6.16. The lowest BCUT2D eigenvalue weighted by molar-refractivity contribution is -0.133. The predicted octanol–water partition coefficient (Wildman–Crippen LogP) is 1.69. The van der Waals surface area contributed by atoms with Crippen LogP contribution >= 0.6 is 0 Å². The van der Waals surface area contributed by atoms with Gasteiger partial charge in [-0.3, -0.25) is 24.3 Å². The summed E-state index contributed by atoms with van der Waals surface area (Å²) in [6.45, 7) is 5.94. The molecule has 1 aromatic rings. The van der Waals surface area contributed by atoms with E-state index in [9.17, 15) is 18.8 Å². The number of hydrogen-bond acceptors (Lipinski definition) is 5. The quantitative estimate of drug-likeness (QED) is 0.570. The van der Waals surface area contributed by atoms with Crippen LogP contribution in [-0.4, -0.2) is 72.8 Å². The number of aliphatic imine (C=N–C) groups is 1. The number of ketones is 2. The van der Waals surface area contributed by atoms with Crippen molar-refractivity contribution in [2.24, 2.45) is 10.9 Å². The van der Waals surface area contributed by atoms with Gasteiger partial charge in [-0.05, 0) is 23.6 Å². The van der Waals surface area contributed by atoms with Gasteiger partial charge in [0.25, 0.3) is 0 Å². The number of hydrogen-bond donors (Lipinski definition) is 0. The Bertz CT molecular complexity index is 737. The first kappa shape index (κ1) is 20.3. The fourth-order valence-corrected chi connectivity index (χ4v) is 3.79. The van der Waals surface area contributed by atoms with Gasteiger partial charge < -0.3 is 4.90 Å². The normalized spacial score (nSPS) is 24.1. The SMILES string of the molecule is CC(=O)N1CCN(CCN=CC2C(=O)CC(c3ccc(F)cc3)CC2=O)CC1.